The Morgan fingerprint density at radius 3 is 2.89 bits per heavy atom. The van der Waals surface area contributed by atoms with Gasteiger partial charge in [-0.05, 0) is 46.1 Å². The van der Waals surface area contributed by atoms with Gasteiger partial charge in [-0.15, -0.1) is 0 Å². The number of nitrogens with zero attached hydrogens (tertiary/aromatic N) is 2. The molecule has 4 nitrogen and oxygen atoms in total. The molecular weight excluding hydrogens is 226 g/mol. The van der Waals surface area contributed by atoms with Crippen molar-refractivity contribution in [1.29, 1.82) is 0 Å². The van der Waals surface area contributed by atoms with Crippen molar-refractivity contribution in [2.75, 3.05) is 13.1 Å². The maximum atomic E-state index is 5.65. The molecule has 18 heavy (non-hydrogen) atoms. The zero-order valence-electron chi connectivity index (χ0n) is 11.4. The van der Waals surface area contributed by atoms with E-state index in [1.807, 2.05) is 13.1 Å². The second-order valence-corrected chi connectivity index (χ2v) is 5.76. The van der Waals surface area contributed by atoms with Gasteiger partial charge in [0.05, 0.1) is 12.2 Å². The van der Waals surface area contributed by atoms with Crippen LogP contribution in [0.15, 0.2) is 10.6 Å². The Balaban J connectivity index is 1.60. The fourth-order valence-corrected chi connectivity index (χ4v) is 2.80. The van der Waals surface area contributed by atoms with Gasteiger partial charge in [0.25, 0.3) is 0 Å². The number of rotatable bonds is 4. The molecule has 1 aromatic heterocycles. The summed E-state index contributed by atoms with van der Waals surface area (Å²) in [6, 6.07) is 1.75. The molecule has 1 aliphatic heterocycles. The molecule has 1 aliphatic carbocycles. The van der Waals surface area contributed by atoms with Crippen LogP contribution in [0.25, 0.3) is 0 Å². The summed E-state index contributed by atoms with van der Waals surface area (Å²) in [6.45, 7) is 6.44. The Morgan fingerprint density at radius 1 is 1.39 bits per heavy atom. The predicted octanol–water partition coefficient (Wildman–Crippen LogP) is 2.26. The molecule has 2 fully saturated rings. The molecule has 1 saturated carbocycles. The number of oxazole rings is 1. The van der Waals surface area contributed by atoms with Crippen LogP contribution in [-0.2, 0) is 0 Å². The van der Waals surface area contributed by atoms with Gasteiger partial charge in [0.2, 0.25) is 5.89 Å². The van der Waals surface area contributed by atoms with Gasteiger partial charge < -0.3 is 9.73 Å². The quantitative estimate of drug-likeness (QED) is 0.888. The number of nitrogens with one attached hydrogen (secondary N) is 1. The third-order valence-electron chi connectivity index (χ3n) is 4.05. The van der Waals surface area contributed by atoms with E-state index < -0.39 is 0 Å². The summed E-state index contributed by atoms with van der Waals surface area (Å²) in [7, 11) is 0. The van der Waals surface area contributed by atoms with E-state index in [4.69, 9.17) is 4.42 Å². The van der Waals surface area contributed by atoms with Crippen LogP contribution in [0, 0.1) is 6.92 Å². The maximum absolute atomic E-state index is 5.65. The van der Waals surface area contributed by atoms with Crippen LogP contribution >= 0.6 is 0 Å². The molecule has 0 spiro atoms. The Morgan fingerprint density at radius 2 is 2.22 bits per heavy atom. The first kappa shape index (κ1) is 12.2. The first-order valence-electron chi connectivity index (χ1n) is 7.15. The predicted molar refractivity (Wildman–Crippen MR) is 70.4 cm³/mol. The number of aryl methyl sites for hydroxylation is 1. The van der Waals surface area contributed by atoms with Gasteiger partial charge in [0.15, 0.2) is 0 Å². The number of piperidine rings is 1. The molecule has 2 aliphatic rings. The van der Waals surface area contributed by atoms with Crippen LogP contribution in [0.3, 0.4) is 0 Å². The summed E-state index contributed by atoms with van der Waals surface area (Å²) in [4.78, 5) is 6.86. The molecule has 0 amide bonds. The monoisotopic (exact) mass is 249 g/mol. The normalized spacial score (nSPS) is 27.3. The SMILES string of the molecule is Cc1cnc(C(C)N2CCCC(NC3CC3)C2)o1. The van der Waals surface area contributed by atoms with E-state index in [2.05, 4.69) is 22.1 Å². The molecule has 0 aromatic carbocycles. The molecule has 2 atom stereocenters. The fourth-order valence-electron chi connectivity index (χ4n) is 2.80. The van der Waals surface area contributed by atoms with Crippen molar-refractivity contribution in [2.24, 2.45) is 0 Å². The van der Waals surface area contributed by atoms with Crippen LogP contribution in [0.1, 0.15) is 50.3 Å². The van der Waals surface area contributed by atoms with Crippen LogP contribution in [0.4, 0.5) is 0 Å². The van der Waals surface area contributed by atoms with E-state index in [1.165, 1.54) is 25.7 Å². The summed E-state index contributed by atoms with van der Waals surface area (Å²) < 4.78 is 5.65. The minimum Gasteiger partial charge on any atom is -0.444 e. The van der Waals surface area contributed by atoms with Gasteiger partial charge in [-0.1, -0.05) is 0 Å². The molecule has 3 rings (SSSR count). The molecule has 1 aromatic rings. The smallest absolute Gasteiger partial charge is 0.211 e. The summed E-state index contributed by atoms with van der Waals surface area (Å²) in [5.74, 6) is 1.76. The lowest BCUT2D eigenvalue weighted by molar-refractivity contribution is 0.127. The zero-order chi connectivity index (χ0) is 12.5. The number of aromatic nitrogens is 1. The summed E-state index contributed by atoms with van der Waals surface area (Å²) in [5.41, 5.74) is 0. The van der Waals surface area contributed by atoms with E-state index >= 15 is 0 Å². The number of hydrogen-bond acceptors (Lipinski definition) is 4. The summed E-state index contributed by atoms with van der Waals surface area (Å²) in [6.07, 6.45) is 7.13. The lowest BCUT2D eigenvalue weighted by Crippen LogP contribution is -2.47. The minimum atomic E-state index is 0.294. The van der Waals surface area contributed by atoms with Crippen molar-refractivity contribution in [3.05, 3.63) is 17.8 Å². The van der Waals surface area contributed by atoms with E-state index in [0.29, 0.717) is 12.1 Å². The molecule has 0 radical (unpaired) electrons. The molecule has 1 N–H and O–H groups in total. The van der Waals surface area contributed by atoms with Gasteiger partial charge >= 0.3 is 0 Å². The molecular formula is C14H23N3O. The highest BCUT2D eigenvalue weighted by molar-refractivity contribution is 4.97. The Hall–Kier alpha value is -0.870. The second-order valence-electron chi connectivity index (χ2n) is 5.76. The van der Waals surface area contributed by atoms with Gasteiger partial charge in [-0.3, -0.25) is 4.90 Å². The highest BCUT2D eigenvalue weighted by Gasteiger charge is 2.30. The van der Waals surface area contributed by atoms with Crippen molar-refractivity contribution >= 4 is 0 Å². The third-order valence-corrected chi connectivity index (χ3v) is 4.05. The first-order chi connectivity index (χ1) is 8.72. The van der Waals surface area contributed by atoms with Crippen molar-refractivity contribution in [2.45, 2.75) is 57.7 Å². The van der Waals surface area contributed by atoms with Crippen molar-refractivity contribution in [1.82, 2.24) is 15.2 Å². The standard InChI is InChI=1S/C14H23N3O/c1-10-8-15-14(18-10)11(2)17-7-3-4-13(9-17)16-12-5-6-12/h8,11-13,16H,3-7,9H2,1-2H3. The van der Waals surface area contributed by atoms with E-state index in [0.717, 1.165) is 30.8 Å². The van der Waals surface area contributed by atoms with E-state index in [-0.39, 0.29) is 0 Å². The van der Waals surface area contributed by atoms with Crippen molar-refractivity contribution in [3.8, 4) is 0 Å². The van der Waals surface area contributed by atoms with Gasteiger partial charge in [-0.2, -0.15) is 0 Å². The lowest BCUT2D eigenvalue weighted by atomic mass is 10.0. The Bertz CT molecular complexity index is 399. The van der Waals surface area contributed by atoms with Crippen LogP contribution < -0.4 is 5.32 Å². The molecule has 0 bridgehead atoms. The van der Waals surface area contributed by atoms with Crippen molar-refractivity contribution < 1.29 is 4.42 Å². The van der Waals surface area contributed by atoms with Crippen LogP contribution in [-0.4, -0.2) is 35.1 Å². The highest BCUT2D eigenvalue weighted by atomic mass is 16.4. The number of hydrogen-bond donors (Lipinski definition) is 1. The van der Waals surface area contributed by atoms with Crippen molar-refractivity contribution in [3.63, 3.8) is 0 Å². The average molecular weight is 249 g/mol. The Labute approximate surface area is 109 Å². The topological polar surface area (TPSA) is 41.3 Å². The molecule has 2 heterocycles. The molecule has 100 valence electrons. The number of likely N-dealkylation sites (tertiary alicyclic amines) is 1. The van der Waals surface area contributed by atoms with Gasteiger partial charge in [0.1, 0.15) is 5.76 Å². The lowest BCUT2D eigenvalue weighted by Gasteiger charge is -2.36. The van der Waals surface area contributed by atoms with Gasteiger partial charge in [-0.25, -0.2) is 4.98 Å². The average Bonchev–Trinajstić information content (AvgIpc) is 3.08. The molecule has 1 saturated heterocycles. The first-order valence-corrected chi connectivity index (χ1v) is 7.15. The highest BCUT2D eigenvalue weighted by Crippen LogP contribution is 2.26. The largest absolute Gasteiger partial charge is 0.444 e. The summed E-state index contributed by atoms with van der Waals surface area (Å²) >= 11 is 0. The van der Waals surface area contributed by atoms with Crippen LogP contribution in [0.2, 0.25) is 0 Å². The summed E-state index contributed by atoms with van der Waals surface area (Å²) in [5, 5.41) is 3.74. The third kappa shape index (κ3) is 2.75. The zero-order valence-corrected chi connectivity index (χ0v) is 11.4. The fraction of sp³-hybridized carbons (Fsp3) is 0.786. The minimum absolute atomic E-state index is 0.294. The van der Waals surface area contributed by atoms with E-state index in [9.17, 15) is 0 Å². The molecule has 2 unspecified atom stereocenters. The maximum Gasteiger partial charge on any atom is 0.211 e. The van der Waals surface area contributed by atoms with Crippen LogP contribution in [0.5, 0.6) is 0 Å². The van der Waals surface area contributed by atoms with E-state index in [1.54, 1.807) is 0 Å². The molecule has 4 heteroatoms. The second kappa shape index (κ2) is 5.02. The Kier molecular flexibility index (Phi) is 3.39. The van der Waals surface area contributed by atoms with Gasteiger partial charge in [0, 0.05) is 18.6 Å².